The molecule has 0 saturated heterocycles. The number of hydrogen-bond acceptors (Lipinski definition) is 4. The highest BCUT2D eigenvalue weighted by Crippen LogP contribution is 2.21. The number of nitrogens with zero attached hydrogens (tertiary/aromatic N) is 2. The van der Waals surface area contributed by atoms with E-state index in [0.717, 1.165) is 35.9 Å². The zero-order valence-electron chi connectivity index (χ0n) is 10.4. The Hall–Kier alpha value is -1.84. The molecule has 0 bridgehead atoms. The Balaban J connectivity index is 2.43. The van der Waals surface area contributed by atoms with Crippen LogP contribution in [0.1, 0.15) is 25.3 Å². The standard InChI is InChI=1S/C13H17N3O/c1-4-9-8-12(14-3)16-13(15-9)11-7-6-10(5-2)17-11/h6-8H,4-5H2,1-3H3,(H,14,15,16). The minimum atomic E-state index is 0.647. The van der Waals surface area contributed by atoms with Gasteiger partial charge in [0.1, 0.15) is 11.6 Å². The van der Waals surface area contributed by atoms with E-state index in [1.165, 1.54) is 0 Å². The zero-order valence-corrected chi connectivity index (χ0v) is 10.4. The molecule has 17 heavy (non-hydrogen) atoms. The Morgan fingerprint density at radius 3 is 2.59 bits per heavy atom. The average Bonchev–Trinajstić information content (AvgIpc) is 2.86. The first-order valence-corrected chi connectivity index (χ1v) is 5.91. The van der Waals surface area contributed by atoms with Gasteiger partial charge in [-0.05, 0) is 18.6 Å². The first kappa shape index (κ1) is 11.6. The summed E-state index contributed by atoms with van der Waals surface area (Å²) in [4.78, 5) is 8.87. The largest absolute Gasteiger partial charge is 0.458 e. The normalized spacial score (nSPS) is 10.5. The molecule has 1 N–H and O–H groups in total. The Labute approximate surface area is 101 Å². The summed E-state index contributed by atoms with van der Waals surface area (Å²) in [6.45, 7) is 4.14. The van der Waals surface area contributed by atoms with E-state index in [0.29, 0.717) is 5.82 Å². The van der Waals surface area contributed by atoms with Crippen molar-refractivity contribution in [3.8, 4) is 11.6 Å². The van der Waals surface area contributed by atoms with Crippen LogP contribution < -0.4 is 5.32 Å². The lowest BCUT2D eigenvalue weighted by molar-refractivity contribution is 0.525. The number of hydrogen-bond donors (Lipinski definition) is 1. The molecule has 2 aromatic rings. The minimum Gasteiger partial charge on any atom is -0.458 e. The highest BCUT2D eigenvalue weighted by atomic mass is 16.3. The lowest BCUT2D eigenvalue weighted by Crippen LogP contribution is -1.99. The van der Waals surface area contributed by atoms with Crippen molar-refractivity contribution in [2.75, 3.05) is 12.4 Å². The van der Waals surface area contributed by atoms with E-state index in [1.54, 1.807) is 0 Å². The summed E-state index contributed by atoms with van der Waals surface area (Å²) >= 11 is 0. The topological polar surface area (TPSA) is 51.0 Å². The number of rotatable bonds is 4. The van der Waals surface area contributed by atoms with Gasteiger partial charge in [-0.3, -0.25) is 0 Å². The molecule has 90 valence electrons. The number of aryl methyl sites for hydroxylation is 2. The molecule has 0 radical (unpaired) electrons. The molecule has 2 rings (SSSR count). The lowest BCUT2D eigenvalue weighted by Gasteiger charge is -2.04. The summed E-state index contributed by atoms with van der Waals surface area (Å²) in [5.74, 6) is 3.15. The van der Waals surface area contributed by atoms with Crippen LogP contribution in [0.2, 0.25) is 0 Å². The third kappa shape index (κ3) is 2.46. The molecule has 4 heteroatoms. The van der Waals surface area contributed by atoms with Crippen molar-refractivity contribution in [1.29, 1.82) is 0 Å². The predicted molar refractivity (Wildman–Crippen MR) is 68.0 cm³/mol. The molecular formula is C13H17N3O. The maximum absolute atomic E-state index is 5.67. The van der Waals surface area contributed by atoms with Gasteiger partial charge in [0.15, 0.2) is 11.6 Å². The summed E-state index contributed by atoms with van der Waals surface area (Å²) in [6, 6.07) is 5.84. The number of anilines is 1. The molecule has 4 nitrogen and oxygen atoms in total. The molecule has 0 fully saturated rings. The number of aromatic nitrogens is 2. The molecule has 0 spiro atoms. The van der Waals surface area contributed by atoms with Crippen LogP contribution in [0.15, 0.2) is 22.6 Å². The zero-order chi connectivity index (χ0) is 12.3. The molecule has 0 aromatic carbocycles. The molecule has 2 heterocycles. The van der Waals surface area contributed by atoms with E-state index < -0.39 is 0 Å². The van der Waals surface area contributed by atoms with E-state index in [1.807, 2.05) is 25.2 Å². The fourth-order valence-electron chi connectivity index (χ4n) is 1.60. The van der Waals surface area contributed by atoms with E-state index in [-0.39, 0.29) is 0 Å². The van der Waals surface area contributed by atoms with E-state index in [9.17, 15) is 0 Å². The van der Waals surface area contributed by atoms with Gasteiger partial charge in [-0.1, -0.05) is 13.8 Å². The Bertz CT molecular complexity index is 483. The van der Waals surface area contributed by atoms with Gasteiger partial charge in [0, 0.05) is 25.2 Å². The van der Waals surface area contributed by atoms with Crippen LogP contribution in [0.3, 0.4) is 0 Å². The lowest BCUT2D eigenvalue weighted by atomic mass is 10.3. The SMILES string of the molecule is CCc1cc(NC)nc(-c2ccc(CC)o2)n1. The molecule has 0 aliphatic carbocycles. The molecule has 0 aliphatic rings. The first-order valence-electron chi connectivity index (χ1n) is 5.91. The van der Waals surface area contributed by atoms with Crippen molar-refractivity contribution in [3.63, 3.8) is 0 Å². The van der Waals surface area contributed by atoms with Crippen molar-refractivity contribution < 1.29 is 4.42 Å². The third-order valence-corrected chi connectivity index (χ3v) is 2.63. The van der Waals surface area contributed by atoms with Gasteiger partial charge in [-0.15, -0.1) is 0 Å². The van der Waals surface area contributed by atoms with Crippen LogP contribution in [0.5, 0.6) is 0 Å². The summed E-state index contributed by atoms with van der Waals surface area (Å²) in [5, 5.41) is 3.04. The van der Waals surface area contributed by atoms with E-state index in [4.69, 9.17) is 4.42 Å². The Morgan fingerprint density at radius 2 is 2.00 bits per heavy atom. The fraction of sp³-hybridized carbons (Fsp3) is 0.385. The summed E-state index contributed by atoms with van der Waals surface area (Å²) in [5.41, 5.74) is 1.01. The quantitative estimate of drug-likeness (QED) is 0.879. The molecule has 0 unspecified atom stereocenters. The maximum Gasteiger partial charge on any atom is 0.197 e. The van der Waals surface area contributed by atoms with Crippen molar-refractivity contribution in [2.45, 2.75) is 26.7 Å². The highest BCUT2D eigenvalue weighted by molar-refractivity contribution is 5.51. The molecule has 0 atom stereocenters. The van der Waals surface area contributed by atoms with Gasteiger partial charge < -0.3 is 9.73 Å². The van der Waals surface area contributed by atoms with Crippen molar-refractivity contribution >= 4 is 5.82 Å². The van der Waals surface area contributed by atoms with Crippen LogP contribution in [0.4, 0.5) is 5.82 Å². The molecule has 0 saturated carbocycles. The number of furan rings is 1. The van der Waals surface area contributed by atoms with Gasteiger partial charge in [0.25, 0.3) is 0 Å². The van der Waals surface area contributed by atoms with Crippen LogP contribution in [-0.4, -0.2) is 17.0 Å². The van der Waals surface area contributed by atoms with Crippen molar-refractivity contribution in [2.24, 2.45) is 0 Å². The van der Waals surface area contributed by atoms with Crippen LogP contribution >= 0.6 is 0 Å². The summed E-state index contributed by atoms with van der Waals surface area (Å²) < 4.78 is 5.67. The van der Waals surface area contributed by atoms with Gasteiger partial charge in [-0.25, -0.2) is 9.97 Å². The molecule has 0 amide bonds. The smallest absolute Gasteiger partial charge is 0.197 e. The minimum absolute atomic E-state index is 0.647. The van der Waals surface area contributed by atoms with Gasteiger partial charge in [-0.2, -0.15) is 0 Å². The Morgan fingerprint density at radius 1 is 1.18 bits per heavy atom. The van der Waals surface area contributed by atoms with E-state index in [2.05, 4.69) is 29.1 Å². The molecule has 0 aliphatic heterocycles. The van der Waals surface area contributed by atoms with Gasteiger partial charge in [0.05, 0.1) is 0 Å². The number of nitrogens with one attached hydrogen (secondary N) is 1. The van der Waals surface area contributed by atoms with Crippen LogP contribution in [0.25, 0.3) is 11.6 Å². The van der Waals surface area contributed by atoms with Crippen molar-refractivity contribution in [1.82, 2.24) is 9.97 Å². The predicted octanol–water partition coefficient (Wildman–Crippen LogP) is 2.90. The highest BCUT2D eigenvalue weighted by Gasteiger charge is 2.09. The van der Waals surface area contributed by atoms with Crippen LogP contribution in [-0.2, 0) is 12.8 Å². The average molecular weight is 231 g/mol. The van der Waals surface area contributed by atoms with Gasteiger partial charge in [0.2, 0.25) is 0 Å². The monoisotopic (exact) mass is 231 g/mol. The molecular weight excluding hydrogens is 214 g/mol. The molecule has 2 aromatic heterocycles. The second kappa shape index (κ2) is 4.99. The van der Waals surface area contributed by atoms with Crippen LogP contribution in [0, 0.1) is 0 Å². The summed E-state index contributed by atoms with van der Waals surface area (Å²) in [7, 11) is 1.85. The van der Waals surface area contributed by atoms with Crippen molar-refractivity contribution in [3.05, 3.63) is 29.7 Å². The Kier molecular flexibility index (Phi) is 3.42. The maximum atomic E-state index is 5.67. The van der Waals surface area contributed by atoms with Gasteiger partial charge >= 0.3 is 0 Å². The first-order chi connectivity index (χ1) is 8.26. The summed E-state index contributed by atoms with van der Waals surface area (Å²) in [6.07, 6.45) is 1.76. The van der Waals surface area contributed by atoms with E-state index >= 15 is 0 Å². The third-order valence-electron chi connectivity index (χ3n) is 2.63. The fourth-order valence-corrected chi connectivity index (χ4v) is 1.60. The second-order valence-corrected chi connectivity index (χ2v) is 3.79. The second-order valence-electron chi connectivity index (χ2n) is 3.79.